The van der Waals surface area contributed by atoms with Crippen LogP contribution in [0.1, 0.15) is 33.0 Å². The average Bonchev–Trinajstić information content (AvgIpc) is 3.02. The van der Waals surface area contributed by atoms with E-state index in [9.17, 15) is 14.4 Å². The van der Waals surface area contributed by atoms with Crippen molar-refractivity contribution in [3.8, 4) is 0 Å². The van der Waals surface area contributed by atoms with Crippen LogP contribution in [0.2, 0.25) is 0 Å². The Labute approximate surface area is 179 Å². The molecule has 2 aliphatic rings. The second-order valence-electron chi connectivity index (χ2n) is 7.36. The van der Waals surface area contributed by atoms with E-state index in [2.05, 4.69) is 22.6 Å². The number of hydrogen-bond donors (Lipinski definition) is 0. The van der Waals surface area contributed by atoms with Crippen molar-refractivity contribution in [2.24, 2.45) is 25.0 Å². The van der Waals surface area contributed by atoms with Crippen LogP contribution in [-0.2, 0) is 14.1 Å². The number of carbonyl (C=O) groups is 1. The molecule has 6 nitrogen and oxygen atoms in total. The van der Waals surface area contributed by atoms with Gasteiger partial charge in [0.05, 0.1) is 17.2 Å². The Bertz CT molecular complexity index is 1350. The van der Waals surface area contributed by atoms with Crippen LogP contribution >= 0.6 is 22.6 Å². The average molecular weight is 497 g/mol. The summed E-state index contributed by atoms with van der Waals surface area (Å²) in [4.78, 5) is 43.8. The number of nitrogens with zero attached hydrogens (tertiary/aromatic N) is 3. The minimum absolute atomic E-state index is 0.0375. The third kappa shape index (κ3) is 2.46. The monoisotopic (exact) mass is 497 g/mol. The molecule has 1 aromatic heterocycles. The number of fused-ring (bicyclic) bond motifs is 4. The molecule has 2 aromatic carbocycles. The summed E-state index contributed by atoms with van der Waals surface area (Å²) in [6.07, 6.45) is 0. The summed E-state index contributed by atoms with van der Waals surface area (Å²) < 4.78 is 3.54. The topological polar surface area (TPSA) is 73.4 Å². The first-order chi connectivity index (χ1) is 13.9. The summed E-state index contributed by atoms with van der Waals surface area (Å²) >= 11 is 2.22. The summed E-state index contributed by atoms with van der Waals surface area (Å²) in [5, 5.41) is 0. The maximum atomic E-state index is 13.4. The number of carbonyl (C=O) groups excluding carboxylic acids is 1. The molecule has 0 radical (unpaired) electrons. The lowest BCUT2D eigenvalue weighted by atomic mass is 9.76. The molecule has 0 fully saturated rings. The van der Waals surface area contributed by atoms with Crippen LogP contribution in [0.3, 0.4) is 0 Å². The lowest BCUT2D eigenvalue weighted by Crippen LogP contribution is -2.43. The van der Waals surface area contributed by atoms with Crippen molar-refractivity contribution in [2.75, 3.05) is 0 Å². The Balaban J connectivity index is 1.90. The summed E-state index contributed by atoms with van der Waals surface area (Å²) in [7, 11) is 3.07. The molecule has 0 amide bonds. The largest absolute Gasteiger partial charge is 0.332 e. The molecular weight excluding hydrogens is 481 g/mol. The van der Waals surface area contributed by atoms with E-state index >= 15 is 0 Å². The van der Waals surface area contributed by atoms with Crippen molar-refractivity contribution in [3.63, 3.8) is 0 Å². The number of hydrogen-bond acceptors (Lipinski definition) is 4. The molecule has 7 heteroatoms. The van der Waals surface area contributed by atoms with Gasteiger partial charge in [-0.15, -0.1) is 0 Å². The Kier molecular flexibility index (Phi) is 3.99. The molecular formula is C22H16IN3O3. The third-order valence-corrected chi connectivity index (χ3v) is 6.53. The van der Waals surface area contributed by atoms with Gasteiger partial charge < -0.3 is 0 Å². The molecule has 2 atom stereocenters. The summed E-state index contributed by atoms with van der Waals surface area (Å²) in [5.41, 5.74) is 2.43. The molecule has 3 aromatic rings. The van der Waals surface area contributed by atoms with Gasteiger partial charge in [0.2, 0.25) is 0 Å². The van der Waals surface area contributed by atoms with E-state index in [4.69, 9.17) is 4.99 Å². The first-order valence-electron chi connectivity index (χ1n) is 9.17. The summed E-state index contributed by atoms with van der Waals surface area (Å²) in [6.45, 7) is 0. The first-order valence-corrected chi connectivity index (χ1v) is 10.3. The van der Waals surface area contributed by atoms with Crippen molar-refractivity contribution in [2.45, 2.75) is 5.92 Å². The molecule has 0 spiro atoms. The third-order valence-electron chi connectivity index (χ3n) is 5.81. The number of halogens is 1. The Morgan fingerprint density at radius 2 is 1.52 bits per heavy atom. The molecule has 1 aliphatic carbocycles. The van der Waals surface area contributed by atoms with Crippen LogP contribution in [0.15, 0.2) is 63.1 Å². The van der Waals surface area contributed by atoms with Crippen LogP contribution in [0.5, 0.6) is 0 Å². The van der Waals surface area contributed by atoms with Gasteiger partial charge >= 0.3 is 5.69 Å². The number of rotatable bonds is 1. The molecule has 0 saturated carbocycles. The predicted octanol–water partition coefficient (Wildman–Crippen LogP) is 2.77. The minimum Gasteiger partial charge on any atom is -0.293 e. The van der Waals surface area contributed by atoms with Crippen LogP contribution < -0.4 is 11.2 Å². The Hall–Kier alpha value is -2.81. The maximum Gasteiger partial charge on any atom is 0.332 e. The molecule has 1 aliphatic heterocycles. The molecule has 2 heterocycles. The predicted molar refractivity (Wildman–Crippen MR) is 118 cm³/mol. The van der Waals surface area contributed by atoms with E-state index in [-0.39, 0.29) is 5.78 Å². The molecule has 144 valence electrons. The van der Waals surface area contributed by atoms with Crippen molar-refractivity contribution in [1.29, 1.82) is 0 Å². The van der Waals surface area contributed by atoms with E-state index in [1.165, 1.54) is 11.6 Å². The zero-order chi connectivity index (χ0) is 20.4. The van der Waals surface area contributed by atoms with Crippen LogP contribution in [0.25, 0.3) is 0 Å². The maximum absolute atomic E-state index is 13.4. The number of aromatic nitrogens is 2. The fourth-order valence-electron chi connectivity index (χ4n) is 4.40. The van der Waals surface area contributed by atoms with Crippen molar-refractivity contribution < 1.29 is 4.79 Å². The van der Waals surface area contributed by atoms with E-state index in [0.717, 1.165) is 19.3 Å². The van der Waals surface area contributed by atoms with Gasteiger partial charge in [-0.2, -0.15) is 0 Å². The first kappa shape index (κ1) is 18.2. The van der Waals surface area contributed by atoms with Gasteiger partial charge in [-0.05, 0) is 40.3 Å². The second kappa shape index (κ2) is 6.35. The highest BCUT2D eigenvalue weighted by Gasteiger charge is 2.47. The fraction of sp³-hybridized carbons (Fsp3) is 0.182. The van der Waals surface area contributed by atoms with Gasteiger partial charge in [-0.25, -0.2) is 9.79 Å². The molecule has 0 bridgehead atoms. The second-order valence-corrected chi connectivity index (χ2v) is 8.60. The highest BCUT2D eigenvalue weighted by Crippen LogP contribution is 2.46. The molecule has 29 heavy (non-hydrogen) atoms. The van der Waals surface area contributed by atoms with E-state index < -0.39 is 23.1 Å². The Morgan fingerprint density at radius 3 is 2.21 bits per heavy atom. The molecule has 0 saturated heterocycles. The SMILES string of the molecule is Cn1c2c(c(=O)n(C)c1=O)[C@@H](c1ccc(I)cc1)[C@@H]1C(=O)c3ccccc3C1=N2. The molecule has 5 rings (SSSR count). The van der Waals surface area contributed by atoms with Crippen molar-refractivity contribution in [1.82, 2.24) is 9.13 Å². The van der Waals surface area contributed by atoms with Gasteiger partial charge in [0, 0.05) is 34.7 Å². The number of Topliss-reactive ketones (excluding diaryl/α,β-unsaturated/α-hetero) is 1. The highest BCUT2D eigenvalue weighted by atomic mass is 127. The number of ketones is 1. The van der Waals surface area contributed by atoms with Gasteiger partial charge in [-0.1, -0.05) is 36.4 Å². The fourth-order valence-corrected chi connectivity index (χ4v) is 4.76. The van der Waals surface area contributed by atoms with Crippen LogP contribution in [-0.4, -0.2) is 20.6 Å². The number of aliphatic imine (C=N–C) groups is 1. The lowest BCUT2D eigenvalue weighted by molar-refractivity contribution is 0.0953. The van der Waals surface area contributed by atoms with Gasteiger partial charge in [0.15, 0.2) is 5.78 Å². The van der Waals surface area contributed by atoms with E-state index in [0.29, 0.717) is 22.7 Å². The zero-order valence-corrected chi connectivity index (χ0v) is 17.9. The van der Waals surface area contributed by atoms with Gasteiger partial charge in [-0.3, -0.25) is 18.7 Å². The quantitative estimate of drug-likeness (QED) is 0.486. The van der Waals surface area contributed by atoms with Crippen LogP contribution in [0.4, 0.5) is 5.82 Å². The van der Waals surface area contributed by atoms with E-state index in [1.807, 2.05) is 42.5 Å². The highest BCUT2D eigenvalue weighted by molar-refractivity contribution is 14.1. The van der Waals surface area contributed by atoms with Crippen LogP contribution in [0, 0.1) is 9.49 Å². The van der Waals surface area contributed by atoms with Crippen molar-refractivity contribution >= 4 is 39.9 Å². The zero-order valence-electron chi connectivity index (χ0n) is 15.7. The smallest absolute Gasteiger partial charge is 0.293 e. The van der Waals surface area contributed by atoms with E-state index in [1.54, 1.807) is 13.1 Å². The van der Waals surface area contributed by atoms with Crippen molar-refractivity contribution in [3.05, 3.63) is 95.2 Å². The summed E-state index contributed by atoms with van der Waals surface area (Å²) in [6, 6.07) is 15.2. The molecule has 0 N–H and O–H groups in total. The number of benzene rings is 2. The van der Waals surface area contributed by atoms with Gasteiger partial charge in [0.1, 0.15) is 5.82 Å². The van der Waals surface area contributed by atoms with Gasteiger partial charge in [0.25, 0.3) is 5.56 Å². The normalized spacial score (nSPS) is 19.4. The minimum atomic E-state index is -0.579. The Morgan fingerprint density at radius 1 is 0.862 bits per heavy atom. The summed E-state index contributed by atoms with van der Waals surface area (Å²) in [5.74, 6) is -0.785. The lowest BCUT2D eigenvalue weighted by Gasteiger charge is -2.29. The molecule has 0 unspecified atom stereocenters. The standard InChI is InChI=1S/C22H16IN3O3/c1-25-20-17(21(28)26(2)22(25)29)15(11-7-9-12(23)10-8-11)16-18(24-20)13-5-3-4-6-14(13)19(16)27/h3-10,15-16H,1-2H3/t15-,16-/m0/s1.